The van der Waals surface area contributed by atoms with E-state index in [0.717, 1.165) is 19.8 Å². The van der Waals surface area contributed by atoms with Gasteiger partial charge in [0, 0.05) is 5.69 Å². The third-order valence-electron chi connectivity index (χ3n) is 5.56. The molecule has 0 fully saturated rings. The molecule has 9 nitrogen and oxygen atoms in total. The molecule has 0 spiro atoms. The number of nitrogen functional groups attached to an aromatic ring is 1. The zero-order chi connectivity index (χ0) is 22.6. The van der Waals surface area contributed by atoms with Gasteiger partial charge in [-0.2, -0.15) is 0 Å². The van der Waals surface area contributed by atoms with Crippen molar-refractivity contribution in [2.75, 3.05) is 20.0 Å². The van der Waals surface area contributed by atoms with Gasteiger partial charge in [0.05, 0.1) is 30.9 Å². The Morgan fingerprint density at radius 1 is 1.00 bits per heavy atom. The molecule has 1 aliphatic heterocycles. The number of methoxy groups -OCH3 is 2. The van der Waals surface area contributed by atoms with Crippen LogP contribution in [0.15, 0.2) is 36.4 Å². The van der Waals surface area contributed by atoms with Crippen LogP contribution < -0.4 is 10.5 Å². The van der Waals surface area contributed by atoms with Crippen molar-refractivity contribution in [3.05, 3.63) is 58.7 Å². The number of hydrogen-bond donors (Lipinski definition) is 1. The highest BCUT2D eigenvalue weighted by Gasteiger charge is 2.78. The van der Waals surface area contributed by atoms with Crippen molar-refractivity contribution in [2.45, 2.75) is 31.2 Å². The molecule has 1 aliphatic carbocycles. The van der Waals surface area contributed by atoms with Gasteiger partial charge in [0.15, 0.2) is 0 Å². The highest BCUT2D eigenvalue weighted by Crippen LogP contribution is 2.63. The van der Waals surface area contributed by atoms with E-state index in [0.29, 0.717) is 0 Å². The second kappa shape index (κ2) is 6.90. The molecule has 0 bridgehead atoms. The van der Waals surface area contributed by atoms with E-state index < -0.39 is 29.5 Å². The molecule has 162 valence electrons. The van der Waals surface area contributed by atoms with Crippen molar-refractivity contribution in [1.29, 1.82) is 0 Å². The molecule has 2 atom stereocenters. The first kappa shape index (κ1) is 20.5. The number of ether oxygens (including phenoxy) is 5. The summed E-state index contributed by atoms with van der Waals surface area (Å²) in [6.45, 7) is 3.97. The molecular formula is C22H21NO8. The van der Waals surface area contributed by atoms with Gasteiger partial charge in [0.2, 0.25) is 5.78 Å². The molecule has 4 rings (SSSR count). The maximum Gasteiger partial charge on any atom is 0.511 e. The standard InChI is InChI=1S/C22H21NO8/c1-11(2)12-8-9-13-16(10-12)29-22(31-20(26)28-4)14-6-5-7-15(23)17(14)18(24)21(13,22)30-19(25)27-3/h5-11H,23H2,1-4H3/t21-,22+/m0/s1. The third-order valence-corrected chi connectivity index (χ3v) is 5.56. The highest BCUT2D eigenvalue weighted by atomic mass is 16.8. The maximum atomic E-state index is 13.8. The molecule has 2 aromatic carbocycles. The largest absolute Gasteiger partial charge is 0.511 e. The number of benzene rings is 2. The number of fused-ring (bicyclic) bond motifs is 5. The average molecular weight is 427 g/mol. The van der Waals surface area contributed by atoms with Crippen molar-refractivity contribution in [2.24, 2.45) is 0 Å². The number of anilines is 1. The summed E-state index contributed by atoms with van der Waals surface area (Å²) in [5.74, 6) is -2.53. The Bertz CT molecular complexity index is 1110. The minimum Gasteiger partial charge on any atom is -0.444 e. The van der Waals surface area contributed by atoms with E-state index in [1.165, 1.54) is 12.1 Å². The summed E-state index contributed by atoms with van der Waals surface area (Å²) in [6.07, 6.45) is -2.31. The summed E-state index contributed by atoms with van der Waals surface area (Å²) in [7, 11) is 2.21. The maximum absolute atomic E-state index is 13.8. The molecule has 0 radical (unpaired) electrons. The number of Topliss-reactive ketones (excluding diaryl/α,β-unsaturated/α-hetero) is 1. The summed E-state index contributed by atoms with van der Waals surface area (Å²) in [4.78, 5) is 38.4. The van der Waals surface area contributed by atoms with Crippen molar-refractivity contribution in [3.8, 4) is 5.75 Å². The highest BCUT2D eigenvalue weighted by molar-refractivity contribution is 6.14. The number of rotatable bonds is 3. The SMILES string of the molecule is COC(=O)O[C@@]12Oc3cc(C(C)C)ccc3[C@]1(OC(=O)OC)C(=O)c1c(N)cccc12. The van der Waals surface area contributed by atoms with E-state index in [-0.39, 0.29) is 34.0 Å². The van der Waals surface area contributed by atoms with Gasteiger partial charge in [-0.1, -0.05) is 38.1 Å². The minimum atomic E-state index is -2.21. The van der Waals surface area contributed by atoms with Crippen LogP contribution in [0.2, 0.25) is 0 Å². The molecule has 1 heterocycles. The summed E-state index contributed by atoms with van der Waals surface area (Å²) in [5.41, 5.74) is 5.23. The molecule has 0 amide bonds. The van der Waals surface area contributed by atoms with Crippen LogP contribution in [0, 0.1) is 0 Å². The zero-order valence-electron chi connectivity index (χ0n) is 17.4. The lowest BCUT2D eigenvalue weighted by Gasteiger charge is -2.35. The molecule has 2 N–H and O–H groups in total. The minimum absolute atomic E-state index is 0.0221. The molecule has 0 unspecified atom stereocenters. The lowest BCUT2D eigenvalue weighted by Crippen LogP contribution is -2.54. The molecule has 0 aromatic heterocycles. The van der Waals surface area contributed by atoms with Crippen molar-refractivity contribution >= 4 is 23.8 Å². The lowest BCUT2D eigenvalue weighted by molar-refractivity contribution is -0.235. The molecule has 0 saturated heterocycles. The Labute approximate surface area is 178 Å². The molecular weight excluding hydrogens is 406 g/mol. The number of hydrogen-bond acceptors (Lipinski definition) is 9. The van der Waals surface area contributed by atoms with Gasteiger partial charge in [-0.25, -0.2) is 9.59 Å². The van der Waals surface area contributed by atoms with Gasteiger partial charge in [-0.3, -0.25) is 4.79 Å². The van der Waals surface area contributed by atoms with Crippen LogP contribution in [-0.4, -0.2) is 32.3 Å². The second-order valence-corrected chi connectivity index (χ2v) is 7.52. The van der Waals surface area contributed by atoms with E-state index in [1.54, 1.807) is 24.3 Å². The van der Waals surface area contributed by atoms with E-state index in [4.69, 9.17) is 19.9 Å². The predicted octanol–water partition coefficient (Wildman–Crippen LogP) is 3.60. The third kappa shape index (κ3) is 2.59. The second-order valence-electron chi connectivity index (χ2n) is 7.52. The van der Waals surface area contributed by atoms with E-state index >= 15 is 0 Å². The topological polar surface area (TPSA) is 123 Å². The van der Waals surface area contributed by atoms with E-state index in [9.17, 15) is 14.4 Å². The van der Waals surface area contributed by atoms with Gasteiger partial charge in [-0.15, -0.1) is 0 Å². The van der Waals surface area contributed by atoms with Crippen LogP contribution >= 0.6 is 0 Å². The van der Waals surface area contributed by atoms with Crippen molar-refractivity contribution in [3.63, 3.8) is 0 Å². The first-order chi connectivity index (χ1) is 14.7. The Morgan fingerprint density at radius 3 is 2.32 bits per heavy atom. The van der Waals surface area contributed by atoms with Crippen LogP contribution in [0.4, 0.5) is 15.3 Å². The Morgan fingerprint density at radius 2 is 1.68 bits per heavy atom. The molecule has 0 saturated carbocycles. The zero-order valence-corrected chi connectivity index (χ0v) is 17.4. The van der Waals surface area contributed by atoms with Gasteiger partial charge in [0.1, 0.15) is 5.75 Å². The summed E-state index contributed by atoms with van der Waals surface area (Å²) in [6, 6.07) is 9.70. The smallest absolute Gasteiger partial charge is 0.444 e. The van der Waals surface area contributed by atoms with Crippen molar-refractivity contribution < 1.29 is 38.1 Å². The monoisotopic (exact) mass is 427 g/mol. The summed E-state index contributed by atoms with van der Waals surface area (Å²) < 4.78 is 26.6. The summed E-state index contributed by atoms with van der Waals surface area (Å²) >= 11 is 0. The fourth-order valence-electron chi connectivity index (χ4n) is 4.11. The molecule has 31 heavy (non-hydrogen) atoms. The molecule has 2 aromatic rings. The van der Waals surface area contributed by atoms with Gasteiger partial charge in [-0.05, 0) is 23.6 Å². The normalized spacial score (nSPS) is 22.8. The van der Waals surface area contributed by atoms with Gasteiger partial charge >= 0.3 is 18.1 Å². The Kier molecular flexibility index (Phi) is 4.57. The number of ketones is 1. The average Bonchev–Trinajstić information content (AvgIpc) is 3.12. The molecule has 9 heteroatoms. The first-order valence-corrected chi connectivity index (χ1v) is 9.53. The predicted molar refractivity (Wildman–Crippen MR) is 107 cm³/mol. The van der Waals surface area contributed by atoms with Gasteiger partial charge in [0.25, 0.3) is 5.60 Å². The van der Waals surface area contributed by atoms with E-state index in [2.05, 4.69) is 9.47 Å². The van der Waals surface area contributed by atoms with Crippen LogP contribution in [-0.2, 0) is 30.3 Å². The quantitative estimate of drug-likeness (QED) is 0.578. The Balaban J connectivity index is 2.06. The summed E-state index contributed by atoms with van der Waals surface area (Å²) in [5, 5.41) is 0. The fourth-order valence-corrected chi connectivity index (χ4v) is 4.11. The number of carbonyl (C=O) groups excluding carboxylic acids is 3. The van der Waals surface area contributed by atoms with Crippen LogP contribution in [0.25, 0.3) is 0 Å². The molecule has 2 aliphatic rings. The van der Waals surface area contributed by atoms with Crippen LogP contribution in [0.3, 0.4) is 0 Å². The van der Waals surface area contributed by atoms with Crippen LogP contribution in [0.5, 0.6) is 5.75 Å². The first-order valence-electron chi connectivity index (χ1n) is 9.53. The number of carbonyl (C=O) groups is 3. The number of nitrogens with two attached hydrogens (primary N) is 1. The van der Waals surface area contributed by atoms with E-state index in [1.807, 2.05) is 13.8 Å². The van der Waals surface area contributed by atoms with Crippen molar-refractivity contribution in [1.82, 2.24) is 0 Å². The Hall–Kier alpha value is -3.75. The van der Waals surface area contributed by atoms with Gasteiger partial charge < -0.3 is 29.4 Å². The lowest BCUT2D eigenvalue weighted by atomic mass is 9.85. The fraction of sp³-hybridized carbons (Fsp3) is 0.318. The van der Waals surface area contributed by atoms with Crippen LogP contribution in [0.1, 0.15) is 46.8 Å².